The number of methoxy groups -OCH3 is 1. The number of phenolic OH excluding ortho intramolecular Hbond substituents is 1. The van der Waals surface area contributed by atoms with E-state index in [4.69, 9.17) is 4.74 Å². The maximum Gasteiger partial charge on any atom is 0.305 e. The summed E-state index contributed by atoms with van der Waals surface area (Å²) >= 11 is 0. The molecule has 1 aromatic carbocycles. The van der Waals surface area contributed by atoms with Crippen LogP contribution in [0, 0.1) is 0 Å². The molecule has 0 atom stereocenters. The van der Waals surface area contributed by atoms with Crippen LogP contribution < -0.4 is 4.74 Å². The van der Waals surface area contributed by atoms with Gasteiger partial charge in [-0.05, 0) is 18.6 Å². The van der Waals surface area contributed by atoms with Crippen LogP contribution in [0.3, 0.4) is 0 Å². The van der Waals surface area contributed by atoms with Crippen molar-refractivity contribution >= 4 is 11.9 Å². The van der Waals surface area contributed by atoms with Crippen LogP contribution >= 0.6 is 0 Å². The lowest BCUT2D eigenvalue weighted by molar-refractivity contribution is -0.141. The number of rotatable bonds is 7. The van der Waals surface area contributed by atoms with Gasteiger partial charge in [0.1, 0.15) is 0 Å². The molecule has 110 valence electrons. The van der Waals surface area contributed by atoms with Gasteiger partial charge in [-0.3, -0.25) is 9.59 Å². The summed E-state index contributed by atoms with van der Waals surface area (Å²) in [5.41, 5.74) is 0. The molecule has 6 nitrogen and oxygen atoms in total. The zero-order valence-electron chi connectivity index (χ0n) is 11.7. The molecule has 0 spiro atoms. The summed E-state index contributed by atoms with van der Waals surface area (Å²) in [5, 5.41) is 9.49. The number of hydrogen-bond donors (Lipinski definition) is 1. The molecule has 0 fully saturated rings. The third-order valence-electron chi connectivity index (χ3n) is 2.74. The molecule has 0 aliphatic heterocycles. The van der Waals surface area contributed by atoms with Gasteiger partial charge in [0.05, 0.1) is 7.11 Å². The van der Waals surface area contributed by atoms with Crippen molar-refractivity contribution in [2.45, 2.75) is 12.8 Å². The average molecular weight is 281 g/mol. The lowest BCUT2D eigenvalue weighted by Crippen LogP contribution is -2.32. The first-order valence-corrected chi connectivity index (χ1v) is 6.26. The van der Waals surface area contributed by atoms with E-state index in [0.29, 0.717) is 13.0 Å². The van der Waals surface area contributed by atoms with Crippen LogP contribution in [0.15, 0.2) is 24.3 Å². The van der Waals surface area contributed by atoms with Crippen molar-refractivity contribution in [3.63, 3.8) is 0 Å². The molecule has 0 aliphatic rings. The number of benzene rings is 1. The molecular weight excluding hydrogens is 262 g/mol. The highest BCUT2D eigenvalue weighted by Gasteiger charge is 2.11. The summed E-state index contributed by atoms with van der Waals surface area (Å²) in [6.45, 7) is 0.282. The smallest absolute Gasteiger partial charge is 0.305 e. The molecule has 0 aliphatic carbocycles. The number of nitrogens with zero attached hydrogens (tertiary/aromatic N) is 1. The van der Waals surface area contributed by atoms with E-state index in [0.717, 1.165) is 0 Å². The highest BCUT2D eigenvalue weighted by molar-refractivity contribution is 5.77. The van der Waals surface area contributed by atoms with E-state index >= 15 is 0 Å². The first kappa shape index (κ1) is 15.8. The summed E-state index contributed by atoms with van der Waals surface area (Å²) in [6, 6.07) is 6.45. The summed E-state index contributed by atoms with van der Waals surface area (Å²) in [5.74, 6) is -0.258. The van der Waals surface area contributed by atoms with Gasteiger partial charge in [0, 0.05) is 20.0 Å². The van der Waals surface area contributed by atoms with Gasteiger partial charge in [0.25, 0.3) is 5.91 Å². The van der Waals surface area contributed by atoms with Crippen LogP contribution in [0.4, 0.5) is 0 Å². The van der Waals surface area contributed by atoms with Gasteiger partial charge in [-0.15, -0.1) is 0 Å². The largest absolute Gasteiger partial charge is 0.504 e. The van der Waals surface area contributed by atoms with E-state index in [1.807, 2.05) is 0 Å². The van der Waals surface area contributed by atoms with Gasteiger partial charge >= 0.3 is 5.97 Å². The fraction of sp³-hybridized carbons (Fsp3) is 0.429. The Morgan fingerprint density at radius 1 is 1.30 bits per heavy atom. The summed E-state index contributed by atoms with van der Waals surface area (Å²) in [6.07, 6.45) is 0.806. The van der Waals surface area contributed by atoms with Gasteiger partial charge < -0.3 is 19.5 Å². The second-order valence-corrected chi connectivity index (χ2v) is 4.25. The van der Waals surface area contributed by atoms with Crippen molar-refractivity contribution in [2.75, 3.05) is 27.3 Å². The molecule has 0 aromatic heterocycles. The number of esters is 1. The highest BCUT2D eigenvalue weighted by Crippen LogP contribution is 2.24. The fourth-order valence-corrected chi connectivity index (χ4v) is 1.52. The minimum atomic E-state index is -0.295. The van der Waals surface area contributed by atoms with E-state index in [1.165, 1.54) is 18.1 Å². The maximum absolute atomic E-state index is 11.8. The van der Waals surface area contributed by atoms with E-state index in [2.05, 4.69) is 4.74 Å². The van der Waals surface area contributed by atoms with Crippen LogP contribution in [-0.2, 0) is 14.3 Å². The predicted molar refractivity (Wildman–Crippen MR) is 72.5 cm³/mol. The molecule has 0 heterocycles. The molecular formula is C14H19NO5. The Balaban J connectivity index is 2.31. The number of likely N-dealkylation sites (N-methyl/N-ethyl adjacent to an activating group) is 1. The molecule has 0 radical (unpaired) electrons. The summed E-state index contributed by atoms with van der Waals surface area (Å²) < 4.78 is 9.75. The first-order chi connectivity index (χ1) is 9.54. The summed E-state index contributed by atoms with van der Waals surface area (Å²) in [7, 11) is 2.96. The molecule has 1 amide bonds. The van der Waals surface area contributed by atoms with Crippen molar-refractivity contribution in [2.24, 2.45) is 0 Å². The quantitative estimate of drug-likeness (QED) is 0.760. The second kappa shape index (κ2) is 8.04. The number of carbonyl (C=O) groups is 2. The van der Waals surface area contributed by atoms with Gasteiger partial charge in [-0.1, -0.05) is 12.1 Å². The predicted octanol–water partition coefficient (Wildman–Crippen LogP) is 1.18. The molecule has 1 aromatic rings. The van der Waals surface area contributed by atoms with Crippen molar-refractivity contribution in [3.05, 3.63) is 24.3 Å². The molecule has 0 bridgehead atoms. The number of carbonyl (C=O) groups excluding carboxylic acids is 2. The van der Waals surface area contributed by atoms with Gasteiger partial charge in [-0.2, -0.15) is 0 Å². The zero-order valence-corrected chi connectivity index (χ0v) is 11.7. The van der Waals surface area contributed by atoms with Crippen LogP contribution in [-0.4, -0.2) is 49.2 Å². The molecule has 1 N–H and O–H groups in total. The standard InChI is InChI=1S/C14H19NO5/c1-15(9-5-8-14(18)19-2)13(17)10-20-12-7-4-3-6-11(12)16/h3-4,6-7,16H,5,8-10H2,1-2H3. The number of amides is 1. The van der Waals surface area contributed by atoms with Gasteiger partial charge in [-0.25, -0.2) is 0 Å². The third kappa shape index (κ3) is 5.17. The fourth-order valence-electron chi connectivity index (χ4n) is 1.52. The Bertz CT molecular complexity index is 461. The van der Waals surface area contributed by atoms with E-state index in [-0.39, 0.29) is 36.4 Å². The Hall–Kier alpha value is -2.24. The summed E-state index contributed by atoms with van der Waals surface area (Å²) in [4.78, 5) is 24.2. The Kier molecular flexibility index (Phi) is 6.36. The molecule has 1 rings (SSSR count). The zero-order chi connectivity index (χ0) is 15.0. The molecule has 20 heavy (non-hydrogen) atoms. The average Bonchev–Trinajstić information content (AvgIpc) is 2.45. The Labute approximate surface area is 117 Å². The minimum absolute atomic E-state index is 0.00588. The number of aromatic hydroxyl groups is 1. The second-order valence-electron chi connectivity index (χ2n) is 4.25. The van der Waals surface area contributed by atoms with Crippen LogP contribution in [0.5, 0.6) is 11.5 Å². The lowest BCUT2D eigenvalue weighted by atomic mass is 10.3. The van der Waals surface area contributed by atoms with E-state index in [9.17, 15) is 14.7 Å². The number of ether oxygens (including phenoxy) is 2. The van der Waals surface area contributed by atoms with Crippen LogP contribution in [0.2, 0.25) is 0 Å². The molecule has 6 heteroatoms. The maximum atomic E-state index is 11.8. The number of hydrogen-bond acceptors (Lipinski definition) is 5. The van der Waals surface area contributed by atoms with Crippen molar-refractivity contribution in [1.29, 1.82) is 0 Å². The normalized spacial score (nSPS) is 9.90. The van der Waals surface area contributed by atoms with Crippen molar-refractivity contribution in [1.82, 2.24) is 4.90 Å². The van der Waals surface area contributed by atoms with Gasteiger partial charge in [0.15, 0.2) is 18.1 Å². The van der Waals surface area contributed by atoms with Crippen molar-refractivity contribution in [3.8, 4) is 11.5 Å². The topological polar surface area (TPSA) is 76.1 Å². The van der Waals surface area contributed by atoms with Gasteiger partial charge in [0.2, 0.25) is 0 Å². The van der Waals surface area contributed by atoms with Crippen LogP contribution in [0.25, 0.3) is 0 Å². The number of phenols is 1. The lowest BCUT2D eigenvalue weighted by Gasteiger charge is -2.17. The Morgan fingerprint density at radius 2 is 2.00 bits per heavy atom. The van der Waals surface area contributed by atoms with E-state index in [1.54, 1.807) is 25.2 Å². The number of para-hydroxylation sites is 2. The van der Waals surface area contributed by atoms with E-state index < -0.39 is 0 Å². The minimum Gasteiger partial charge on any atom is -0.504 e. The third-order valence-corrected chi connectivity index (χ3v) is 2.74. The monoisotopic (exact) mass is 281 g/mol. The molecule has 0 unspecified atom stereocenters. The van der Waals surface area contributed by atoms with Crippen molar-refractivity contribution < 1.29 is 24.2 Å². The Morgan fingerprint density at radius 3 is 2.65 bits per heavy atom. The highest BCUT2D eigenvalue weighted by atomic mass is 16.5. The first-order valence-electron chi connectivity index (χ1n) is 6.26. The SMILES string of the molecule is COC(=O)CCCN(C)C(=O)COc1ccccc1O. The van der Waals surface area contributed by atoms with Crippen LogP contribution in [0.1, 0.15) is 12.8 Å². The molecule has 0 saturated heterocycles. The molecule has 0 saturated carbocycles.